The summed E-state index contributed by atoms with van der Waals surface area (Å²) >= 11 is 3.42. The van der Waals surface area contributed by atoms with E-state index in [1.165, 1.54) is 0 Å². The topological polar surface area (TPSA) is 48.1 Å². The molecule has 2 N–H and O–H groups in total. The second-order valence-electron chi connectivity index (χ2n) is 3.89. The molecule has 4 heteroatoms. The minimum Gasteiger partial charge on any atom is -0.439 e. The number of halogens is 1. The van der Waals surface area contributed by atoms with Gasteiger partial charge in [0.2, 0.25) is 5.88 Å². The Morgan fingerprint density at radius 3 is 2.59 bits per heavy atom. The molecule has 0 bridgehead atoms. The Kier molecular flexibility index (Phi) is 3.33. The molecule has 1 aromatic heterocycles. The van der Waals surface area contributed by atoms with E-state index >= 15 is 0 Å². The van der Waals surface area contributed by atoms with Crippen LogP contribution in [0.4, 0.5) is 5.69 Å². The SMILES string of the molecule is Cc1cc(Oc2ccc(Br)cc2C)ncc1N. The summed E-state index contributed by atoms with van der Waals surface area (Å²) in [6, 6.07) is 7.68. The fourth-order valence-electron chi connectivity index (χ4n) is 1.44. The molecule has 1 heterocycles. The van der Waals surface area contributed by atoms with E-state index in [-0.39, 0.29) is 0 Å². The van der Waals surface area contributed by atoms with Crippen LogP contribution in [0.2, 0.25) is 0 Å². The summed E-state index contributed by atoms with van der Waals surface area (Å²) in [6.45, 7) is 3.92. The van der Waals surface area contributed by atoms with E-state index in [1.807, 2.05) is 38.1 Å². The molecule has 0 aliphatic rings. The van der Waals surface area contributed by atoms with Gasteiger partial charge < -0.3 is 10.5 Å². The molecular formula is C13H13BrN2O. The van der Waals surface area contributed by atoms with Crippen molar-refractivity contribution >= 4 is 21.6 Å². The van der Waals surface area contributed by atoms with Crippen LogP contribution >= 0.6 is 15.9 Å². The molecule has 0 aliphatic carbocycles. The van der Waals surface area contributed by atoms with Crippen molar-refractivity contribution in [2.75, 3.05) is 5.73 Å². The highest BCUT2D eigenvalue weighted by Crippen LogP contribution is 2.27. The molecule has 0 atom stereocenters. The second kappa shape index (κ2) is 4.75. The third-order valence-electron chi connectivity index (χ3n) is 2.48. The fraction of sp³-hybridized carbons (Fsp3) is 0.154. The number of aromatic nitrogens is 1. The number of aryl methyl sites for hydroxylation is 2. The van der Waals surface area contributed by atoms with Crippen molar-refractivity contribution in [3.8, 4) is 11.6 Å². The number of ether oxygens (including phenoxy) is 1. The molecule has 0 aliphatic heterocycles. The number of hydrogen-bond donors (Lipinski definition) is 1. The van der Waals surface area contributed by atoms with Crippen LogP contribution in [0.15, 0.2) is 34.9 Å². The van der Waals surface area contributed by atoms with Crippen molar-refractivity contribution in [3.05, 3.63) is 46.1 Å². The van der Waals surface area contributed by atoms with Crippen LogP contribution in [-0.2, 0) is 0 Å². The predicted octanol–water partition coefficient (Wildman–Crippen LogP) is 3.84. The molecule has 0 unspecified atom stereocenters. The van der Waals surface area contributed by atoms with Gasteiger partial charge in [0.25, 0.3) is 0 Å². The predicted molar refractivity (Wildman–Crippen MR) is 72.3 cm³/mol. The fourth-order valence-corrected chi connectivity index (χ4v) is 1.91. The van der Waals surface area contributed by atoms with E-state index in [9.17, 15) is 0 Å². The van der Waals surface area contributed by atoms with Gasteiger partial charge in [-0.2, -0.15) is 0 Å². The molecule has 0 spiro atoms. The van der Waals surface area contributed by atoms with E-state index < -0.39 is 0 Å². The molecule has 0 saturated heterocycles. The van der Waals surface area contributed by atoms with E-state index in [0.29, 0.717) is 11.6 Å². The van der Waals surface area contributed by atoms with Crippen LogP contribution in [0.3, 0.4) is 0 Å². The van der Waals surface area contributed by atoms with Crippen molar-refractivity contribution < 1.29 is 4.74 Å². The Hall–Kier alpha value is -1.55. The number of nitrogen functional groups attached to an aromatic ring is 1. The summed E-state index contributed by atoms with van der Waals surface area (Å²) in [6.07, 6.45) is 1.61. The minimum absolute atomic E-state index is 0.558. The molecule has 2 rings (SSSR count). The number of pyridine rings is 1. The molecule has 0 amide bonds. The summed E-state index contributed by atoms with van der Waals surface area (Å²) in [5, 5.41) is 0. The Labute approximate surface area is 109 Å². The molecular weight excluding hydrogens is 280 g/mol. The van der Waals surface area contributed by atoms with Gasteiger partial charge in [-0.15, -0.1) is 0 Å². The maximum Gasteiger partial charge on any atom is 0.219 e. The molecule has 0 fully saturated rings. The Bertz CT molecular complexity index is 555. The summed E-state index contributed by atoms with van der Waals surface area (Å²) in [5.74, 6) is 1.35. The van der Waals surface area contributed by atoms with E-state index in [2.05, 4.69) is 20.9 Å². The largest absolute Gasteiger partial charge is 0.439 e. The first-order valence-electron chi connectivity index (χ1n) is 5.22. The zero-order chi connectivity index (χ0) is 12.4. The number of rotatable bonds is 2. The van der Waals surface area contributed by atoms with E-state index in [1.54, 1.807) is 6.20 Å². The number of nitrogens with two attached hydrogens (primary N) is 1. The Morgan fingerprint density at radius 2 is 1.94 bits per heavy atom. The van der Waals surface area contributed by atoms with Crippen molar-refractivity contribution in [1.82, 2.24) is 4.98 Å². The normalized spacial score (nSPS) is 10.3. The number of anilines is 1. The summed E-state index contributed by atoms with van der Waals surface area (Å²) < 4.78 is 6.74. The molecule has 88 valence electrons. The third-order valence-corrected chi connectivity index (χ3v) is 2.97. The van der Waals surface area contributed by atoms with Gasteiger partial charge in [-0.1, -0.05) is 15.9 Å². The van der Waals surface area contributed by atoms with E-state index in [4.69, 9.17) is 10.5 Å². The Balaban J connectivity index is 2.28. The van der Waals surface area contributed by atoms with Gasteiger partial charge in [-0.3, -0.25) is 0 Å². The molecule has 2 aromatic rings. The number of benzene rings is 1. The van der Waals surface area contributed by atoms with Crippen LogP contribution in [0.25, 0.3) is 0 Å². The summed E-state index contributed by atoms with van der Waals surface area (Å²) in [7, 11) is 0. The van der Waals surface area contributed by atoms with Gasteiger partial charge in [-0.05, 0) is 43.2 Å². The standard InChI is InChI=1S/C13H13BrN2O/c1-8-6-13(16-7-11(8)15)17-12-4-3-10(14)5-9(12)2/h3-7H,15H2,1-2H3. The van der Waals surface area contributed by atoms with Crippen molar-refractivity contribution in [2.24, 2.45) is 0 Å². The lowest BCUT2D eigenvalue weighted by molar-refractivity contribution is 0.459. The highest BCUT2D eigenvalue weighted by atomic mass is 79.9. The van der Waals surface area contributed by atoms with Crippen LogP contribution in [0.1, 0.15) is 11.1 Å². The summed E-state index contributed by atoms with van der Waals surface area (Å²) in [5.41, 5.74) is 8.39. The average molecular weight is 293 g/mol. The lowest BCUT2D eigenvalue weighted by Crippen LogP contribution is -1.94. The van der Waals surface area contributed by atoms with Crippen LogP contribution in [-0.4, -0.2) is 4.98 Å². The van der Waals surface area contributed by atoms with Crippen LogP contribution < -0.4 is 10.5 Å². The van der Waals surface area contributed by atoms with Crippen molar-refractivity contribution in [3.63, 3.8) is 0 Å². The Morgan fingerprint density at radius 1 is 1.18 bits per heavy atom. The lowest BCUT2D eigenvalue weighted by Gasteiger charge is -2.09. The first-order valence-corrected chi connectivity index (χ1v) is 6.01. The summed E-state index contributed by atoms with van der Waals surface area (Å²) in [4.78, 5) is 4.14. The second-order valence-corrected chi connectivity index (χ2v) is 4.81. The van der Waals surface area contributed by atoms with Crippen LogP contribution in [0.5, 0.6) is 11.6 Å². The highest BCUT2D eigenvalue weighted by Gasteiger charge is 2.04. The zero-order valence-electron chi connectivity index (χ0n) is 9.70. The maximum absolute atomic E-state index is 5.71. The average Bonchev–Trinajstić information content (AvgIpc) is 2.27. The van der Waals surface area contributed by atoms with Gasteiger partial charge in [0.1, 0.15) is 5.75 Å². The van der Waals surface area contributed by atoms with Crippen molar-refractivity contribution in [1.29, 1.82) is 0 Å². The quantitative estimate of drug-likeness (QED) is 0.915. The van der Waals surface area contributed by atoms with Crippen LogP contribution in [0, 0.1) is 13.8 Å². The molecule has 0 radical (unpaired) electrons. The van der Waals surface area contributed by atoms with Crippen molar-refractivity contribution in [2.45, 2.75) is 13.8 Å². The van der Waals surface area contributed by atoms with Gasteiger partial charge in [0.05, 0.1) is 11.9 Å². The van der Waals surface area contributed by atoms with E-state index in [0.717, 1.165) is 21.3 Å². The first-order chi connectivity index (χ1) is 8.06. The monoisotopic (exact) mass is 292 g/mol. The van der Waals surface area contributed by atoms with Gasteiger partial charge in [0, 0.05) is 10.5 Å². The number of nitrogens with zero attached hydrogens (tertiary/aromatic N) is 1. The minimum atomic E-state index is 0.558. The molecule has 1 aromatic carbocycles. The first kappa shape index (κ1) is 11.9. The van der Waals surface area contributed by atoms with Gasteiger partial charge in [0.15, 0.2) is 0 Å². The van der Waals surface area contributed by atoms with Gasteiger partial charge >= 0.3 is 0 Å². The van der Waals surface area contributed by atoms with Gasteiger partial charge in [-0.25, -0.2) is 4.98 Å². The lowest BCUT2D eigenvalue weighted by atomic mass is 10.2. The third kappa shape index (κ3) is 2.77. The smallest absolute Gasteiger partial charge is 0.219 e. The molecule has 17 heavy (non-hydrogen) atoms. The number of hydrogen-bond acceptors (Lipinski definition) is 3. The molecule has 3 nitrogen and oxygen atoms in total. The molecule has 0 saturated carbocycles. The highest BCUT2D eigenvalue weighted by molar-refractivity contribution is 9.10. The zero-order valence-corrected chi connectivity index (χ0v) is 11.3. The maximum atomic E-state index is 5.71.